The third-order valence-corrected chi connectivity index (χ3v) is 5.08. The summed E-state index contributed by atoms with van der Waals surface area (Å²) in [6.45, 7) is 4.39. The largest absolute Gasteiger partial charge is 0.435 e. The SMILES string of the molecule is CC1CCCCN1Cc1ccc(CNC(=O)Cn2ccc(C(F)(F)F)n2)cc1. The number of hydrogen-bond donors (Lipinski definition) is 1. The second kappa shape index (κ2) is 8.77. The molecule has 2 aromatic rings. The maximum Gasteiger partial charge on any atom is 0.435 e. The maximum absolute atomic E-state index is 12.5. The van der Waals surface area contributed by atoms with Gasteiger partial charge in [-0.15, -0.1) is 0 Å². The molecule has 1 saturated heterocycles. The van der Waals surface area contributed by atoms with Gasteiger partial charge in [-0.05, 0) is 43.5 Å². The van der Waals surface area contributed by atoms with Gasteiger partial charge < -0.3 is 5.32 Å². The number of aromatic nitrogens is 2. The normalized spacial score (nSPS) is 18.2. The number of carbonyl (C=O) groups excluding carboxylic acids is 1. The van der Waals surface area contributed by atoms with Gasteiger partial charge in [-0.25, -0.2) is 0 Å². The lowest BCUT2D eigenvalue weighted by atomic mass is 10.0. The second-order valence-electron chi connectivity index (χ2n) is 7.30. The van der Waals surface area contributed by atoms with Crippen molar-refractivity contribution in [3.05, 3.63) is 53.3 Å². The van der Waals surface area contributed by atoms with Crippen LogP contribution in [0.15, 0.2) is 36.5 Å². The predicted octanol–water partition coefficient (Wildman–Crippen LogP) is 3.59. The highest BCUT2D eigenvalue weighted by Crippen LogP contribution is 2.27. The van der Waals surface area contributed by atoms with Crippen molar-refractivity contribution in [1.29, 1.82) is 0 Å². The van der Waals surface area contributed by atoms with Gasteiger partial charge in [0.25, 0.3) is 0 Å². The molecule has 0 aliphatic carbocycles. The Labute approximate surface area is 162 Å². The molecule has 1 unspecified atom stereocenters. The van der Waals surface area contributed by atoms with Gasteiger partial charge in [-0.2, -0.15) is 18.3 Å². The maximum atomic E-state index is 12.5. The van der Waals surface area contributed by atoms with E-state index < -0.39 is 11.9 Å². The number of rotatable bonds is 6. The van der Waals surface area contributed by atoms with E-state index in [2.05, 4.69) is 34.4 Å². The fourth-order valence-electron chi connectivity index (χ4n) is 3.39. The number of alkyl halides is 3. The van der Waals surface area contributed by atoms with Gasteiger partial charge in [0.1, 0.15) is 6.54 Å². The van der Waals surface area contributed by atoms with Crippen molar-refractivity contribution in [3.8, 4) is 0 Å². The van der Waals surface area contributed by atoms with Crippen LogP contribution >= 0.6 is 0 Å². The molecule has 0 spiro atoms. The minimum Gasteiger partial charge on any atom is -0.350 e. The molecule has 2 heterocycles. The Morgan fingerprint density at radius 1 is 1.18 bits per heavy atom. The van der Waals surface area contributed by atoms with E-state index in [9.17, 15) is 18.0 Å². The van der Waals surface area contributed by atoms with Gasteiger partial charge in [0, 0.05) is 25.3 Å². The quantitative estimate of drug-likeness (QED) is 0.815. The lowest BCUT2D eigenvalue weighted by Gasteiger charge is -2.33. The van der Waals surface area contributed by atoms with Gasteiger partial charge in [0.2, 0.25) is 5.91 Å². The van der Waals surface area contributed by atoms with Gasteiger partial charge in [-0.3, -0.25) is 14.4 Å². The number of carbonyl (C=O) groups is 1. The summed E-state index contributed by atoms with van der Waals surface area (Å²) in [6, 6.07) is 9.53. The first-order valence-electron chi connectivity index (χ1n) is 9.50. The smallest absolute Gasteiger partial charge is 0.350 e. The van der Waals surface area contributed by atoms with Gasteiger partial charge >= 0.3 is 6.18 Å². The second-order valence-corrected chi connectivity index (χ2v) is 7.30. The van der Waals surface area contributed by atoms with Crippen LogP contribution < -0.4 is 5.32 Å². The highest BCUT2D eigenvalue weighted by atomic mass is 19.4. The van der Waals surface area contributed by atoms with Crippen molar-refractivity contribution < 1.29 is 18.0 Å². The molecule has 1 fully saturated rings. The highest BCUT2D eigenvalue weighted by Gasteiger charge is 2.33. The summed E-state index contributed by atoms with van der Waals surface area (Å²) in [5.41, 5.74) is 1.18. The standard InChI is InChI=1S/C20H25F3N4O/c1-15-4-2-3-10-26(15)13-17-7-5-16(6-8-17)12-24-19(28)14-27-11-9-18(25-27)20(21,22)23/h5-9,11,15H,2-4,10,12-14H2,1H3,(H,24,28). The van der Waals surface area contributed by atoms with Crippen molar-refractivity contribution in [2.24, 2.45) is 0 Å². The first-order chi connectivity index (χ1) is 13.3. The summed E-state index contributed by atoms with van der Waals surface area (Å²) >= 11 is 0. The predicted molar refractivity (Wildman–Crippen MR) is 99.2 cm³/mol. The molecule has 0 bridgehead atoms. The Bertz CT molecular complexity index is 785. The number of nitrogens with zero attached hydrogens (tertiary/aromatic N) is 3. The molecule has 8 heteroatoms. The van der Waals surface area contributed by atoms with Crippen molar-refractivity contribution >= 4 is 5.91 Å². The van der Waals surface area contributed by atoms with Crippen LogP contribution in [-0.2, 0) is 30.6 Å². The third kappa shape index (κ3) is 5.58. The van der Waals surface area contributed by atoms with E-state index in [4.69, 9.17) is 0 Å². The van der Waals surface area contributed by atoms with E-state index in [1.165, 1.54) is 24.8 Å². The minimum atomic E-state index is -4.50. The van der Waals surface area contributed by atoms with E-state index >= 15 is 0 Å². The summed E-state index contributed by atoms with van der Waals surface area (Å²) in [6.07, 6.45) is 0.431. The lowest BCUT2D eigenvalue weighted by molar-refractivity contribution is -0.141. The number of halogens is 3. The fourth-order valence-corrected chi connectivity index (χ4v) is 3.39. The Hall–Kier alpha value is -2.35. The molecule has 0 saturated carbocycles. The van der Waals surface area contributed by atoms with E-state index in [0.717, 1.165) is 35.6 Å². The zero-order chi connectivity index (χ0) is 20.1. The van der Waals surface area contributed by atoms with Crippen LogP contribution in [0.1, 0.15) is 43.0 Å². The molecular weight excluding hydrogens is 369 g/mol. The van der Waals surface area contributed by atoms with E-state index in [1.54, 1.807) is 0 Å². The van der Waals surface area contributed by atoms with Gasteiger partial charge in [0.15, 0.2) is 5.69 Å². The molecule has 152 valence electrons. The zero-order valence-electron chi connectivity index (χ0n) is 15.9. The number of amides is 1. The number of benzene rings is 1. The Kier molecular flexibility index (Phi) is 6.39. The lowest BCUT2D eigenvalue weighted by Crippen LogP contribution is -2.36. The van der Waals surface area contributed by atoms with Crippen molar-refractivity contribution in [2.75, 3.05) is 6.54 Å². The van der Waals surface area contributed by atoms with Gasteiger partial charge in [-0.1, -0.05) is 30.7 Å². The average molecular weight is 394 g/mol. The van der Waals surface area contributed by atoms with Crippen LogP contribution in [0.4, 0.5) is 13.2 Å². The van der Waals surface area contributed by atoms with Crippen LogP contribution in [0.2, 0.25) is 0 Å². The summed E-state index contributed by atoms with van der Waals surface area (Å²) < 4.78 is 38.6. The summed E-state index contributed by atoms with van der Waals surface area (Å²) in [5, 5.41) is 6.09. The monoisotopic (exact) mass is 394 g/mol. The summed E-state index contributed by atoms with van der Waals surface area (Å²) in [7, 11) is 0. The van der Waals surface area contributed by atoms with Crippen molar-refractivity contribution in [2.45, 2.75) is 58.0 Å². The molecule has 1 N–H and O–H groups in total. The topological polar surface area (TPSA) is 50.2 Å². The number of likely N-dealkylation sites (tertiary alicyclic amines) is 1. The van der Waals surface area contributed by atoms with E-state index in [1.807, 2.05) is 12.1 Å². The molecule has 5 nitrogen and oxygen atoms in total. The van der Waals surface area contributed by atoms with Crippen molar-refractivity contribution in [1.82, 2.24) is 20.0 Å². The van der Waals surface area contributed by atoms with Crippen molar-refractivity contribution in [3.63, 3.8) is 0 Å². The first-order valence-corrected chi connectivity index (χ1v) is 9.50. The number of hydrogen-bond acceptors (Lipinski definition) is 3. The molecule has 28 heavy (non-hydrogen) atoms. The molecule has 3 rings (SSSR count). The first kappa shape index (κ1) is 20.4. The summed E-state index contributed by atoms with van der Waals surface area (Å²) in [4.78, 5) is 14.4. The number of piperidine rings is 1. The van der Waals surface area contributed by atoms with Gasteiger partial charge in [0.05, 0.1) is 0 Å². The van der Waals surface area contributed by atoms with Crippen LogP contribution in [0.3, 0.4) is 0 Å². The summed E-state index contributed by atoms with van der Waals surface area (Å²) in [5.74, 6) is -0.386. The average Bonchev–Trinajstić information content (AvgIpc) is 3.12. The zero-order valence-corrected chi connectivity index (χ0v) is 15.9. The molecule has 1 aliphatic heterocycles. The minimum absolute atomic E-state index is 0.249. The Morgan fingerprint density at radius 3 is 2.54 bits per heavy atom. The molecule has 1 aliphatic rings. The third-order valence-electron chi connectivity index (χ3n) is 5.08. The Balaban J connectivity index is 1.46. The Morgan fingerprint density at radius 2 is 1.89 bits per heavy atom. The van der Waals surface area contributed by atoms with E-state index in [0.29, 0.717) is 12.6 Å². The van der Waals surface area contributed by atoms with E-state index in [-0.39, 0.29) is 12.5 Å². The molecule has 0 radical (unpaired) electrons. The molecule has 1 amide bonds. The van der Waals surface area contributed by atoms with Crippen LogP contribution in [-0.4, -0.2) is 33.2 Å². The highest BCUT2D eigenvalue weighted by molar-refractivity contribution is 5.75. The fraction of sp³-hybridized carbons (Fsp3) is 0.500. The van der Waals surface area contributed by atoms with Crippen LogP contribution in [0.5, 0.6) is 0 Å². The number of nitrogens with one attached hydrogen (secondary N) is 1. The molecular formula is C20H25F3N4O. The van der Waals surface area contributed by atoms with Crippen LogP contribution in [0.25, 0.3) is 0 Å². The molecule has 1 atom stereocenters. The molecule has 1 aromatic heterocycles. The van der Waals surface area contributed by atoms with Crippen LogP contribution in [0, 0.1) is 0 Å². The molecule has 1 aromatic carbocycles.